The van der Waals surface area contributed by atoms with Gasteiger partial charge in [0.1, 0.15) is 17.6 Å². The lowest BCUT2D eigenvalue weighted by molar-refractivity contribution is -0.119. The summed E-state index contributed by atoms with van der Waals surface area (Å²) in [6.45, 7) is 3.31. The highest BCUT2D eigenvalue weighted by atomic mass is 31.2. The van der Waals surface area contributed by atoms with E-state index < -0.39 is 37.2 Å². The summed E-state index contributed by atoms with van der Waals surface area (Å²) in [6, 6.07) is 2.09. The van der Waals surface area contributed by atoms with Gasteiger partial charge < -0.3 is 38.8 Å². The summed E-state index contributed by atoms with van der Waals surface area (Å²) in [5.41, 5.74) is -0.414. The van der Waals surface area contributed by atoms with Gasteiger partial charge in [-0.05, 0) is 25.7 Å². The molecule has 1 aromatic carbocycles. The Bertz CT molecular complexity index is 1100. The average Bonchev–Trinajstić information content (AvgIpc) is 3.72. The number of benzene rings is 1. The van der Waals surface area contributed by atoms with Gasteiger partial charge in [-0.15, -0.1) is 0 Å². The molecule has 4 unspecified atom stereocenters. The molecule has 228 valence electrons. The number of nitrogens with one attached hydrogen (secondary N) is 2. The van der Waals surface area contributed by atoms with E-state index in [0.29, 0.717) is 19.8 Å². The minimum atomic E-state index is -3.98. The summed E-state index contributed by atoms with van der Waals surface area (Å²) < 4.78 is 74.1. The lowest BCUT2D eigenvalue weighted by Gasteiger charge is -2.41. The van der Waals surface area contributed by atoms with Crippen LogP contribution in [0.4, 0.5) is 25.0 Å². The maximum atomic E-state index is 15.7. The SMILES string of the molecule is CC(=O)NCC1CN(c2cc(F)c(N3CCNCC3P(=O)(OCC3CCCO3)OCC3CCCO3)c(F)c2)C(=O)O1. The number of hydrogen-bond donors (Lipinski definition) is 2. The molecular formula is C26H37F2N4O8P. The first kappa shape index (κ1) is 30.1. The second kappa shape index (κ2) is 13.3. The molecule has 15 heteroatoms. The van der Waals surface area contributed by atoms with E-state index in [1.54, 1.807) is 0 Å². The highest BCUT2D eigenvalue weighted by molar-refractivity contribution is 7.54. The molecule has 0 radical (unpaired) electrons. The van der Waals surface area contributed by atoms with Gasteiger partial charge >= 0.3 is 13.7 Å². The van der Waals surface area contributed by atoms with Gasteiger partial charge in [-0.2, -0.15) is 0 Å². The number of halogens is 2. The zero-order valence-electron chi connectivity index (χ0n) is 23.0. The van der Waals surface area contributed by atoms with Gasteiger partial charge in [-0.3, -0.25) is 14.3 Å². The van der Waals surface area contributed by atoms with Crippen LogP contribution in [0.15, 0.2) is 12.1 Å². The van der Waals surface area contributed by atoms with Crippen LogP contribution in [0.25, 0.3) is 0 Å². The molecule has 4 fully saturated rings. The van der Waals surface area contributed by atoms with Crippen LogP contribution in [0.5, 0.6) is 0 Å². The van der Waals surface area contributed by atoms with Gasteiger partial charge in [0.15, 0.2) is 11.6 Å². The van der Waals surface area contributed by atoms with Crippen LogP contribution >= 0.6 is 7.60 Å². The minimum Gasteiger partial charge on any atom is -0.442 e. The number of carbonyl (C=O) groups is 2. The van der Waals surface area contributed by atoms with Gasteiger partial charge in [0.2, 0.25) is 5.91 Å². The maximum absolute atomic E-state index is 15.7. The van der Waals surface area contributed by atoms with E-state index in [4.69, 9.17) is 23.3 Å². The fraction of sp³-hybridized carbons (Fsp3) is 0.692. The molecule has 2 N–H and O–H groups in total. The van der Waals surface area contributed by atoms with Crippen molar-refractivity contribution < 1.29 is 46.2 Å². The molecular weight excluding hydrogens is 565 g/mol. The molecule has 2 amide bonds. The van der Waals surface area contributed by atoms with E-state index in [0.717, 1.165) is 42.7 Å². The largest absolute Gasteiger partial charge is 0.442 e. The third kappa shape index (κ3) is 7.18. The topological polar surface area (TPSA) is 128 Å². The Balaban J connectivity index is 1.37. The monoisotopic (exact) mass is 602 g/mol. The molecule has 4 heterocycles. The molecule has 0 aliphatic carbocycles. The van der Waals surface area contributed by atoms with Crippen molar-refractivity contribution >= 4 is 31.0 Å². The molecule has 12 nitrogen and oxygen atoms in total. The van der Waals surface area contributed by atoms with Crippen LogP contribution in [0.1, 0.15) is 32.6 Å². The number of nitrogens with zero attached hydrogens (tertiary/aromatic N) is 2. The Kier molecular flexibility index (Phi) is 9.77. The van der Waals surface area contributed by atoms with Gasteiger partial charge in [0.25, 0.3) is 0 Å². The predicted octanol–water partition coefficient (Wildman–Crippen LogP) is 2.75. The lowest BCUT2D eigenvalue weighted by Crippen LogP contribution is -2.52. The number of anilines is 2. The summed E-state index contributed by atoms with van der Waals surface area (Å²) in [4.78, 5) is 26.1. The molecule has 1 aromatic rings. The number of piperazine rings is 1. The zero-order chi connectivity index (χ0) is 29.0. The zero-order valence-corrected chi connectivity index (χ0v) is 23.9. The van der Waals surface area contributed by atoms with Crippen molar-refractivity contribution in [3.8, 4) is 0 Å². The van der Waals surface area contributed by atoms with Crippen molar-refractivity contribution in [3.05, 3.63) is 23.8 Å². The number of amides is 2. The number of ether oxygens (including phenoxy) is 3. The molecule has 41 heavy (non-hydrogen) atoms. The number of rotatable bonds is 11. The normalized spacial score (nSPS) is 28.1. The molecule has 5 rings (SSSR count). The van der Waals surface area contributed by atoms with Crippen molar-refractivity contribution in [1.82, 2.24) is 10.6 Å². The fourth-order valence-electron chi connectivity index (χ4n) is 5.45. The van der Waals surface area contributed by atoms with Crippen LogP contribution in [0.3, 0.4) is 0 Å². The number of carbonyl (C=O) groups excluding carboxylic acids is 2. The molecule has 4 atom stereocenters. The summed E-state index contributed by atoms with van der Waals surface area (Å²) >= 11 is 0. The van der Waals surface area contributed by atoms with Crippen LogP contribution in [-0.4, -0.2) is 95.2 Å². The molecule has 0 aromatic heterocycles. The maximum Gasteiger partial charge on any atom is 0.414 e. The Hall–Kier alpha value is -2.35. The summed E-state index contributed by atoms with van der Waals surface area (Å²) in [6.07, 6.45) is 1.34. The Morgan fingerprint density at radius 1 is 1.10 bits per heavy atom. The smallest absolute Gasteiger partial charge is 0.414 e. The van der Waals surface area contributed by atoms with E-state index >= 15 is 8.78 Å². The van der Waals surface area contributed by atoms with Gasteiger partial charge in [0, 0.05) is 51.9 Å². The molecule has 0 saturated carbocycles. The Morgan fingerprint density at radius 3 is 2.29 bits per heavy atom. The third-order valence-corrected chi connectivity index (χ3v) is 9.77. The molecule has 0 spiro atoms. The predicted molar refractivity (Wildman–Crippen MR) is 144 cm³/mol. The lowest BCUT2D eigenvalue weighted by atomic mass is 10.2. The molecule has 4 aliphatic rings. The van der Waals surface area contributed by atoms with Crippen LogP contribution < -0.4 is 20.4 Å². The second-order valence-electron chi connectivity index (χ2n) is 10.6. The standard InChI is InChI=1S/C26H37F2N4O8P/c1-17(33)30-12-21-14-32(26(34)40-21)18-10-22(27)25(23(28)11-18)31-7-6-29-13-24(31)41(35,38-15-19-4-2-8-36-19)39-16-20-5-3-9-37-20/h10-11,19-21,24,29H,2-9,12-16H2,1H3,(H,30,33). The number of cyclic esters (lactones) is 1. The van der Waals surface area contributed by atoms with E-state index in [9.17, 15) is 14.2 Å². The summed E-state index contributed by atoms with van der Waals surface area (Å²) in [7, 11) is -3.98. The third-order valence-electron chi connectivity index (χ3n) is 7.56. The highest BCUT2D eigenvalue weighted by Crippen LogP contribution is 2.56. The van der Waals surface area contributed by atoms with Crippen molar-refractivity contribution in [1.29, 1.82) is 0 Å². The van der Waals surface area contributed by atoms with Crippen LogP contribution in [-0.2, 0) is 32.6 Å². The van der Waals surface area contributed by atoms with Gasteiger partial charge in [-0.1, -0.05) is 0 Å². The average molecular weight is 603 g/mol. The summed E-state index contributed by atoms with van der Waals surface area (Å²) in [5, 5.41) is 5.70. The highest BCUT2D eigenvalue weighted by Gasteiger charge is 2.45. The van der Waals surface area contributed by atoms with E-state index in [1.807, 2.05) is 0 Å². The van der Waals surface area contributed by atoms with Crippen LogP contribution in [0, 0.1) is 11.6 Å². The second-order valence-corrected chi connectivity index (χ2v) is 12.8. The first-order valence-electron chi connectivity index (χ1n) is 14.0. The Morgan fingerprint density at radius 2 is 1.73 bits per heavy atom. The fourth-order valence-corrected chi connectivity index (χ4v) is 7.54. The van der Waals surface area contributed by atoms with Crippen molar-refractivity contribution in [2.45, 2.75) is 56.7 Å². The number of hydrogen-bond acceptors (Lipinski definition) is 10. The first-order chi connectivity index (χ1) is 19.7. The van der Waals surface area contributed by atoms with E-state index in [-0.39, 0.29) is 68.9 Å². The molecule has 4 aliphatic heterocycles. The quantitative estimate of drug-likeness (QED) is 0.365. The van der Waals surface area contributed by atoms with Crippen molar-refractivity contribution in [3.63, 3.8) is 0 Å². The molecule has 4 saturated heterocycles. The van der Waals surface area contributed by atoms with Crippen molar-refractivity contribution in [2.24, 2.45) is 0 Å². The minimum absolute atomic E-state index is 0.0109. The van der Waals surface area contributed by atoms with Crippen molar-refractivity contribution in [2.75, 3.05) is 69.0 Å². The summed E-state index contributed by atoms with van der Waals surface area (Å²) in [5.74, 6) is -3.18. The Labute approximate surface area is 237 Å². The van der Waals surface area contributed by atoms with E-state index in [1.165, 1.54) is 11.8 Å². The van der Waals surface area contributed by atoms with E-state index in [2.05, 4.69) is 10.6 Å². The first-order valence-corrected chi connectivity index (χ1v) is 15.7. The van der Waals surface area contributed by atoms with Gasteiger partial charge in [-0.25, -0.2) is 13.6 Å². The van der Waals surface area contributed by atoms with Gasteiger partial charge in [0.05, 0.1) is 44.2 Å². The molecule has 0 bridgehead atoms. The van der Waals surface area contributed by atoms with Crippen LogP contribution in [0.2, 0.25) is 0 Å².